The number of pyridine rings is 1. The molecule has 0 atom stereocenters. The highest BCUT2D eigenvalue weighted by molar-refractivity contribution is 6.32. The minimum Gasteiger partial charge on any atom is -0.305 e. The zero-order valence-electron chi connectivity index (χ0n) is 6.08. The van der Waals surface area contributed by atoms with Crippen molar-refractivity contribution in [3.05, 3.63) is 35.4 Å². The van der Waals surface area contributed by atoms with Crippen LogP contribution >= 0.6 is 11.6 Å². The molecule has 2 nitrogen and oxygen atoms in total. The highest BCUT2D eigenvalue weighted by Gasteiger charge is 2.01. The maximum Gasteiger partial charge on any atom is 0.155 e. The fourth-order valence-electron chi connectivity index (χ4n) is 1.18. The Morgan fingerprint density at radius 3 is 3.09 bits per heavy atom. The van der Waals surface area contributed by atoms with Crippen LogP contribution in [0.15, 0.2) is 24.7 Å². The molecule has 11 heavy (non-hydrogen) atoms. The molecule has 2 rings (SSSR count). The van der Waals surface area contributed by atoms with Crippen LogP contribution in [0.3, 0.4) is 0 Å². The highest BCUT2D eigenvalue weighted by atomic mass is 35.5. The van der Waals surface area contributed by atoms with Crippen LogP contribution in [-0.4, -0.2) is 9.38 Å². The Hall–Kier alpha value is -1.02. The molecule has 0 aliphatic heterocycles. The van der Waals surface area contributed by atoms with Gasteiger partial charge in [0.15, 0.2) is 5.15 Å². The lowest BCUT2D eigenvalue weighted by Crippen LogP contribution is -1.82. The zero-order valence-corrected chi connectivity index (χ0v) is 6.84. The Kier molecular flexibility index (Phi) is 1.36. The van der Waals surface area contributed by atoms with E-state index in [0.717, 1.165) is 11.1 Å². The van der Waals surface area contributed by atoms with Crippen molar-refractivity contribution in [1.82, 2.24) is 9.38 Å². The van der Waals surface area contributed by atoms with Crippen LogP contribution < -0.4 is 0 Å². The molecule has 0 spiro atoms. The average molecular weight is 167 g/mol. The summed E-state index contributed by atoms with van der Waals surface area (Å²) >= 11 is 5.85. The highest BCUT2D eigenvalue weighted by Crippen LogP contribution is 2.17. The molecule has 0 fully saturated rings. The Morgan fingerprint density at radius 2 is 2.36 bits per heavy atom. The standard InChI is InChI=1S/C8H7ClN2/c1-6-3-2-4-11-5-10-8(9)7(6)11/h2-5H,1H3. The molecular formula is C8H7ClN2. The van der Waals surface area contributed by atoms with Gasteiger partial charge in [-0.1, -0.05) is 17.7 Å². The topological polar surface area (TPSA) is 17.3 Å². The van der Waals surface area contributed by atoms with E-state index in [9.17, 15) is 0 Å². The SMILES string of the molecule is Cc1cccn2cnc(Cl)c12. The van der Waals surface area contributed by atoms with E-state index in [1.165, 1.54) is 0 Å². The van der Waals surface area contributed by atoms with Gasteiger partial charge in [0.1, 0.15) is 6.33 Å². The molecule has 0 aliphatic rings. The monoisotopic (exact) mass is 166 g/mol. The van der Waals surface area contributed by atoms with Crippen molar-refractivity contribution in [1.29, 1.82) is 0 Å². The van der Waals surface area contributed by atoms with Crippen molar-refractivity contribution in [3.8, 4) is 0 Å². The summed E-state index contributed by atoms with van der Waals surface area (Å²) in [6.07, 6.45) is 3.64. The first-order chi connectivity index (χ1) is 5.29. The Labute approximate surface area is 69.4 Å². The second-order valence-electron chi connectivity index (χ2n) is 2.48. The lowest BCUT2D eigenvalue weighted by Gasteiger charge is -1.95. The molecule has 0 saturated carbocycles. The molecule has 0 radical (unpaired) electrons. The van der Waals surface area contributed by atoms with E-state index in [1.54, 1.807) is 6.33 Å². The predicted molar refractivity (Wildman–Crippen MR) is 44.9 cm³/mol. The first-order valence-electron chi connectivity index (χ1n) is 3.37. The molecule has 56 valence electrons. The van der Waals surface area contributed by atoms with Gasteiger partial charge in [-0.3, -0.25) is 0 Å². The van der Waals surface area contributed by atoms with Gasteiger partial charge in [0.25, 0.3) is 0 Å². The van der Waals surface area contributed by atoms with E-state index in [2.05, 4.69) is 4.98 Å². The van der Waals surface area contributed by atoms with E-state index in [4.69, 9.17) is 11.6 Å². The average Bonchev–Trinajstić information content (AvgIpc) is 2.34. The summed E-state index contributed by atoms with van der Waals surface area (Å²) in [7, 11) is 0. The summed E-state index contributed by atoms with van der Waals surface area (Å²) in [6.45, 7) is 2.02. The fourth-order valence-corrected chi connectivity index (χ4v) is 1.47. The van der Waals surface area contributed by atoms with Crippen LogP contribution in [0, 0.1) is 6.92 Å². The predicted octanol–water partition coefficient (Wildman–Crippen LogP) is 2.30. The summed E-state index contributed by atoms with van der Waals surface area (Å²) in [5.41, 5.74) is 2.14. The van der Waals surface area contributed by atoms with Gasteiger partial charge in [-0.15, -0.1) is 0 Å². The first kappa shape index (κ1) is 6.68. The fraction of sp³-hybridized carbons (Fsp3) is 0.125. The number of aromatic nitrogens is 2. The van der Waals surface area contributed by atoms with Crippen LogP contribution in [-0.2, 0) is 0 Å². The van der Waals surface area contributed by atoms with Crippen molar-refractivity contribution in [3.63, 3.8) is 0 Å². The molecule has 2 heterocycles. The summed E-state index contributed by atoms with van der Waals surface area (Å²) in [6, 6.07) is 3.99. The number of nitrogens with zero attached hydrogens (tertiary/aromatic N) is 2. The third kappa shape index (κ3) is 0.906. The second-order valence-corrected chi connectivity index (χ2v) is 2.84. The largest absolute Gasteiger partial charge is 0.305 e. The number of rotatable bonds is 0. The number of hydrogen-bond acceptors (Lipinski definition) is 1. The maximum atomic E-state index is 5.85. The summed E-state index contributed by atoms with van der Waals surface area (Å²) in [5.74, 6) is 0. The van der Waals surface area contributed by atoms with Gasteiger partial charge in [-0.05, 0) is 18.6 Å². The van der Waals surface area contributed by atoms with Crippen molar-refractivity contribution >= 4 is 17.1 Å². The van der Waals surface area contributed by atoms with E-state index < -0.39 is 0 Å². The third-order valence-corrected chi connectivity index (χ3v) is 1.99. The Balaban J connectivity index is 2.96. The number of fused-ring (bicyclic) bond motifs is 1. The van der Waals surface area contributed by atoms with E-state index in [0.29, 0.717) is 5.15 Å². The van der Waals surface area contributed by atoms with Gasteiger partial charge < -0.3 is 4.40 Å². The molecule has 0 aliphatic carbocycles. The third-order valence-electron chi connectivity index (χ3n) is 1.72. The van der Waals surface area contributed by atoms with Crippen molar-refractivity contribution in [2.24, 2.45) is 0 Å². The molecule has 0 saturated heterocycles. The summed E-state index contributed by atoms with van der Waals surface area (Å²) < 4.78 is 1.91. The number of aryl methyl sites for hydroxylation is 1. The van der Waals surface area contributed by atoms with Crippen molar-refractivity contribution < 1.29 is 0 Å². The molecule has 0 aromatic carbocycles. The molecule has 0 N–H and O–H groups in total. The Morgan fingerprint density at radius 1 is 1.55 bits per heavy atom. The molecule has 3 heteroatoms. The maximum absolute atomic E-state index is 5.85. The minimum absolute atomic E-state index is 0.572. The first-order valence-corrected chi connectivity index (χ1v) is 3.74. The van der Waals surface area contributed by atoms with Crippen molar-refractivity contribution in [2.75, 3.05) is 0 Å². The quantitative estimate of drug-likeness (QED) is 0.587. The lowest BCUT2D eigenvalue weighted by molar-refractivity contribution is 1.14. The molecule has 0 amide bonds. The molecule has 0 unspecified atom stereocenters. The summed E-state index contributed by atoms with van der Waals surface area (Å²) in [4.78, 5) is 3.98. The lowest BCUT2D eigenvalue weighted by atomic mass is 10.3. The van der Waals surface area contributed by atoms with Crippen molar-refractivity contribution in [2.45, 2.75) is 6.92 Å². The van der Waals surface area contributed by atoms with Gasteiger partial charge in [-0.2, -0.15) is 0 Å². The van der Waals surface area contributed by atoms with Gasteiger partial charge in [-0.25, -0.2) is 4.98 Å². The minimum atomic E-state index is 0.572. The molecule has 0 bridgehead atoms. The van der Waals surface area contributed by atoms with Crippen LogP contribution in [0.4, 0.5) is 0 Å². The van der Waals surface area contributed by atoms with Gasteiger partial charge >= 0.3 is 0 Å². The van der Waals surface area contributed by atoms with E-state index in [-0.39, 0.29) is 0 Å². The van der Waals surface area contributed by atoms with Gasteiger partial charge in [0, 0.05) is 6.20 Å². The number of imidazole rings is 1. The van der Waals surface area contributed by atoms with Crippen LogP contribution in [0.25, 0.3) is 5.52 Å². The van der Waals surface area contributed by atoms with Crippen LogP contribution in [0.5, 0.6) is 0 Å². The smallest absolute Gasteiger partial charge is 0.155 e. The summed E-state index contributed by atoms with van der Waals surface area (Å²) in [5, 5.41) is 0.572. The molecule has 2 aromatic rings. The van der Waals surface area contributed by atoms with Crippen LogP contribution in [0.1, 0.15) is 5.56 Å². The van der Waals surface area contributed by atoms with E-state index >= 15 is 0 Å². The van der Waals surface area contributed by atoms with Gasteiger partial charge in [0.05, 0.1) is 5.52 Å². The normalized spacial score (nSPS) is 10.7. The zero-order chi connectivity index (χ0) is 7.84. The van der Waals surface area contributed by atoms with E-state index in [1.807, 2.05) is 29.7 Å². The molecule has 2 aromatic heterocycles. The Bertz CT molecular complexity index is 392. The second kappa shape index (κ2) is 2.24. The molecular weight excluding hydrogens is 160 g/mol. The van der Waals surface area contributed by atoms with Gasteiger partial charge in [0.2, 0.25) is 0 Å². The number of halogens is 1. The number of hydrogen-bond donors (Lipinski definition) is 0. The van der Waals surface area contributed by atoms with Crippen LogP contribution in [0.2, 0.25) is 5.15 Å².